The molecule has 1 aromatic heterocycles. The Bertz CT molecular complexity index is 1030. The molecule has 0 saturated carbocycles. The van der Waals surface area contributed by atoms with Crippen molar-refractivity contribution in [2.75, 3.05) is 18.2 Å². The summed E-state index contributed by atoms with van der Waals surface area (Å²) < 4.78 is 7.15. The molecule has 6 nitrogen and oxygen atoms in total. The van der Waals surface area contributed by atoms with Gasteiger partial charge >= 0.3 is 0 Å². The molecule has 0 unspecified atom stereocenters. The van der Waals surface area contributed by atoms with Crippen LogP contribution in [0.1, 0.15) is 18.3 Å². The van der Waals surface area contributed by atoms with Crippen molar-refractivity contribution in [2.24, 2.45) is 0 Å². The third kappa shape index (κ3) is 6.80. The number of carbonyl (C=O) groups excluding carboxylic acids is 1. The third-order valence-corrected chi connectivity index (χ3v) is 6.85. The minimum atomic E-state index is -0.103. The first kappa shape index (κ1) is 23.8. The first-order chi connectivity index (χ1) is 15.0. The highest BCUT2D eigenvalue weighted by atomic mass is 35.5. The average molecular weight is 497 g/mol. The second-order valence-electron chi connectivity index (χ2n) is 6.44. The molecule has 0 aliphatic heterocycles. The van der Waals surface area contributed by atoms with Gasteiger partial charge in [-0.25, -0.2) is 0 Å². The maximum Gasteiger partial charge on any atom is 0.234 e. The number of anilines is 1. The molecule has 0 spiro atoms. The highest BCUT2D eigenvalue weighted by Crippen LogP contribution is 2.27. The molecule has 0 aliphatic carbocycles. The predicted octanol–water partition coefficient (Wildman–Crippen LogP) is 5.78. The van der Waals surface area contributed by atoms with Crippen LogP contribution in [-0.2, 0) is 22.8 Å². The number of carbonyl (C=O) groups is 1. The molecule has 3 aromatic rings. The first-order valence-corrected chi connectivity index (χ1v) is 12.4. The Morgan fingerprint density at radius 3 is 2.58 bits per heavy atom. The van der Waals surface area contributed by atoms with E-state index in [-0.39, 0.29) is 11.7 Å². The summed E-state index contributed by atoms with van der Waals surface area (Å²) in [6.07, 6.45) is 0. The summed E-state index contributed by atoms with van der Waals surface area (Å²) in [5.74, 6) is 3.20. The molecule has 2 aromatic carbocycles. The summed E-state index contributed by atoms with van der Waals surface area (Å²) in [5.41, 5.74) is 1.75. The van der Waals surface area contributed by atoms with Crippen molar-refractivity contribution in [3.63, 3.8) is 0 Å². The van der Waals surface area contributed by atoms with Crippen LogP contribution in [-0.4, -0.2) is 33.5 Å². The largest absolute Gasteiger partial charge is 0.497 e. The van der Waals surface area contributed by atoms with Crippen LogP contribution in [0.5, 0.6) is 5.75 Å². The average Bonchev–Trinajstić information content (AvgIpc) is 3.16. The Labute approximate surface area is 200 Å². The molecule has 1 heterocycles. The van der Waals surface area contributed by atoms with E-state index >= 15 is 0 Å². The fraction of sp³-hybridized carbons (Fsp3) is 0.286. The van der Waals surface area contributed by atoms with Crippen LogP contribution in [0.2, 0.25) is 10.0 Å². The number of ether oxygens (including phenoxy) is 1. The van der Waals surface area contributed by atoms with Crippen molar-refractivity contribution >= 4 is 58.3 Å². The van der Waals surface area contributed by atoms with E-state index in [4.69, 9.17) is 27.9 Å². The molecule has 0 bridgehead atoms. The predicted molar refractivity (Wildman–Crippen MR) is 130 cm³/mol. The van der Waals surface area contributed by atoms with E-state index < -0.39 is 0 Å². The molecule has 0 aliphatic rings. The lowest BCUT2D eigenvalue weighted by molar-refractivity contribution is -0.113. The number of amides is 1. The number of aromatic nitrogens is 3. The van der Waals surface area contributed by atoms with Crippen LogP contribution in [0.15, 0.2) is 47.6 Å². The first-order valence-electron chi connectivity index (χ1n) is 9.50. The number of thioether (sulfide) groups is 2. The standard InChI is InChI=1S/C21H22Cl2N4O2S2/c1-3-27-19(12-30-11-14-4-5-15(22)10-18(14)23)25-26-21(27)31-13-20(28)24-16-6-8-17(29-2)9-7-16/h4-10H,3,11-13H2,1-2H3,(H,24,28). The van der Waals surface area contributed by atoms with Gasteiger partial charge in [0, 0.05) is 28.0 Å². The Morgan fingerprint density at radius 1 is 1.13 bits per heavy atom. The van der Waals surface area contributed by atoms with Gasteiger partial charge in [-0.05, 0) is 48.9 Å². The quantitative estimate of drug-likeness (QED) is 0.358. The summed E-state index contributed by atoms with van der Waals surface area (Å²) in [5, 5.41) is 13.5. The molecule has 0 atom stereocenters. The Kier molecular flexibility index (Phi) is 8.95. The topological polar surface area (TPSA) is 69.0 Å². The molecule has 31 heavy (non-hydrogen) atoms. The van der Waals surface area contributed by atoms with Crippen LogP contribution >= 0.6 is 46.7 Å². The molecule has 1 amide bonds. The van der Waals surface area contributed by atoms with Gasteiger partial charge in [-0.15, -0.1) is 22.0 Å². The van der Waals surface area contributed by atoms with Gasteiger partial charge in [0.15, 0.2) is 5.16 Å². The number of hydrogen-bond acceptors (Lipinski definition) is 6. The zero-order chi connectivity index (χ0) is 22.2. The second kappa shape index (κ2) is 11.7. The fourth-order valence-electron chi connectivity index (χ4n) is 2.74. The van der Waals surface area contributed by atoms with E-state index in [1.54, 1.807) is 49.2 Å². The van der Waals surface area contributed by atoms with E-state index in [0.29, 0.717) is 15.8 Å². The summed E-state index contributed by atoms with van der Waals surface area (Å²) in [4.78, 5) is 12.3. The summed E-state index contributed by atoms with van der Waals surface area (Å²) in [7, 11) is 1.60. The van der Waals surface area contributed by atoms with Crippen molar-refractivity contribution in [1.29, 1.82) is 0 Å². The molecule has 164 valence electrons. The maximum atomic E-state index is 12.3. The Balaban J connectivity index is 1.52. The lowest BCUT2D eigenvalue weighted by Gasteiger charge is -2.09. The summed E-state index contributed by atoms with van der Waals surface area (Å²) >= 11 is 15.3. The summed E-state index contributed by atoms with van der Waals surface area (Å²) in [6, 6.07) is 12.7. The number of hydrogen-bond donors (Lipinski definition) is 1. The molecule has 0 saturated heterocycles. The van der Waals surface area contributed by atoms with Gasteiger partial charge in [-0.2, -0.15) is 0 Å². The minimum absolute atomic E-state index is 0.103. The zero-order valence-electron chi connectivity index (χ0n) is 17.1. The Morgan fingerprint density at radius 2 is 1.90 bits per heavy atom. The van der Waals surface area contributed by atoms with Crippen LogP contribution in [0.3, 0.4) is 0 Å². The van der Waals surface area contributed by atoms with Gasteiger partial charge in [0.1, 0.15) is 11.6 Å². The number of nitrogens with zero attached hydrogens (tertiary/aromatic N) is 3. The third-order valence-electron chi connectivity index (χ3n) is 4.32. The van der Waals surface area contributed by atoms with Gasteiger partial charge in [0.05, 0.1) is 18.6 Å². The molecule has 0 fully saturated rings. The fourth-order valence-corrected chi connectivity index (χ4v) is 5.09. The molecular weight excluding hydrogens is 475 g/mol. The van der Waals surface area contributed by atoms with E-state index in [1.807, 2.05) is 23.6 Å². The van der Waals surface area contributed by atoms with Crippen molar-refractivity contribution in [3.8, 4) is 5.75 Å². The molecule has 3 rings (SSSR count). The lowest BCUT2D eigenvalue weighted by Crippen LogP contribution is -2.14. The number of nitrogens with one attached hydrogen (secondary N) is 1. The van der Waals surface area contributed by atoms with Crippen LogP contribution < -0.4 is 10.1 Å². The van der Waals surface area contributed by atoms with E-state index in [2.05, 4.69) is 15.5 Å². The van der Waals surface area contributed by atoms with Gasteiger partial charge < -0.3 is 14.6 Å². The normalized spacial score (nSPS) is 10.8. The highest BCUT2D eigenvalue weighted by molar-refractivity contribution is 7.99. The van der Waals surface area contributed by atoms with Crippen molar-refractivity contribution in [3.05, 3.63) is 63.9 Å². The maximum absolute atomic E-state index is 12.3. The molecule has 0 radical (unpaired) electrons. The van der Waals surface area contributed by atoms with Crippen LogP contribution in [0.4, 0.5) is 5.69 Å². The monoisotopic (exact) mass is 496 g/mol. The van der Waals surface area contributed by atoms with E-state index in [9.17, 15) is 4.79 Å². The SMILES string of the molecule is CCn1c(CSCc2ccc(Cl)cc2Cl)nnc1SCC(=O)Nc1ccc(OC)cc1. The second-order valence-corrected chi connectivity index (χ2v) is 9.21. The van der Waals surface area contributed by atoms with Crippen molar-refractivity contribution in [1.82, 2.24) is 14.8 Å². The van der Waals surface area contributed by atoms with Crippen molar-refractivity contribution < 1.29 is 9.53 Å². The molecular formula is C21H22Cl2N4O2S2. The number of halogens is 2. The molecule has 1 N–H and O–H groups in total. The van der Waals surface area contributed by atoms with Crippen LogP contribution in [0.25, 0.3) is 0 Å². The van der Waals surface area contributed by atoms with Crippen molar-refractivity contribution in [2.45, 2.75) is 30.1 Å². The van der Waals surface area contributed by atoms with E-state index in [0.717, 1.165) is 40.3 Å². The Hall–Kier alpha value is -1.87. The van der Waals surface area contributed by atoms with E-state index in [1.165, 1.54) is 11.8 Å². The minimum Gasteiger partial charge on any atom is -0.497 e. The van der Waals surface area contributed by atoms with Gasteiger partial charge in [-0.1, -0.05) is 41.0 Å². The van der Waals surface area contributed by atoms with Gasteiger partial charge in [-0.3, -0.25) is 4.79 Å². The summed E-state index contributed by atoms with van der Waals surface area (Å²) in [6.45, 7) is 2.77. The lowest BCUT2D eigenvalue weighted by atomic mass is 10.2. The zero-order valence-corrected chi connectivity index (χ0v) is 20.2. The highest BCUT2D eigenvalue weighted by Gasteiger charge is 2.14. The number of rotatable bonds is 10. The smallest absolute Gasteiger partial charge is 0.234 e. The number of benzene rings is 2. The van der Waals surface area contributed by atoms with Gasteiger partial charge in [0.25, 0.3) is 0 Å². The molecule has 10 heteroatoms. The number of methoxy groups -OCH3 is 1. The van der Waals surface area contributed by atoms with Crippen LogP contribution in [0, 0.1) is 0 Å². The van der Waals surface area contributed by atoms with Gasteiger partial charge in [0.2, 0.25) is 5.91 Å².